The molecule has 0 aromatic rings. The van der Waals surface area contributed by atoms with Gasteiger partial charge in [-0.05, 0) is 46.0 Å². The first kappa shape index (κ1) is 11.0. The molecule has 0 aliphatic heterocycles. The highest BCUT2D eigenvalue weighted by Crippen LogP contribution is 2.28. The van der Waals surface area contributed by atoms with Gasteiger partial charge in [-0.2, -0.15) is 5.48 Å². The number of rotatable bonds is 3. The zero-order valence-electron chi connectivity index (χ0n) is 9.39. The van der Waals surface area contributed by atoms with Crippen molar-refractivity contribution in [3.05, 3.63) is 0 Å². The Morgan fingerprint density at radius 3 is 2.46 bits per heavy atom. The third kappa shape index (κ3) is 4.10. The van der Waals surface area contributed by atoms with Crippen molar-refractivity contribution in [2.24, 2.45) is 5.92 Å². The molecule has 0 aromatic carbocycles. The highest BCUT2D eigenvalue weighted by molar-refractivity contribution is 4.77. The van der Waals surface area contributed by atoms with E-state index in [-0.39, 0.29) is 5.60 Å². The fourth-order valence-corrected chi connectivity index (χ4v) is 1.81. The molecule has 0 radical (unpaired) electrons. The lowest BCUT2D eigenvalue weighted by Gasteiger charge is -2.22. The lowest BCUT2D eigenvalue weighted by atomic mass is 10.1. The molecule has 0 spiro atoms. The molecule has 2 atom stereocenters. The van der Waals surface area contributed by atoms with Gasteiger partial charge in [0.25, 0.3) is 0 Å². The van der Waals surface area contributed by atoms with Crippen LogP contribution in [0.5, 0.6) is 0 Å². The maximum absolute atomic E-state index is 5.56. The van der Waals surface area contributed by atoms with E-state index in [1.165, 1.54) is 25.7 Å². The van der Waals surface area contributed by atoms with Crippen molar-refractivity contribution in [2.75, 3.05) is 0 Å². The highest BCUT2D eigenvalue weighted by Gasteiger charge is 2.24. The molecule has 0 amide bonds. The second-order valence-corrected chi connectivity index (χ2v) is 5.12. The second-order valence-electron chi connectivity index (χ2n) is 5.12. The molecule has 2 nitrogen and oxygen atoms in total. The van der Waals surface area contributed by atoms with Gasteiger partial charge < -0.3 is 0 Å². The fourth-order valence-electron chi connectivity index (χ4n) is 1.81. The first-order chi connectivity index (χ1) is 6.01. The van der Waals surface area contributed by atoms with Gasteiger partial charge in [-0.15, -0.1) is 0 Å². The van der Waals surface area contributed by atoms with Crippen LogP contribution in [0, 0.1) is 5.92 Å². The molecule has 1 fully saturated rings. The summed E-state index contributed by atoms with van der Waals surface area (Å²) < 4.78 is 0. The van der Waals surface area contributed by atoms with E-state index < -0.39 is 0 Å². The van der Waals surface area contributed by atoms with Crippen molar-refractivity contribution in [3.63, 3.8) is 0 Å². The summed E-state index contributed by atoms with van der Waals surface area (Å²) in [4.78, 5) is 5.56. The standard InChI is InChI=1S/C11H23NO/c1-5-9-6-7-10(8-9)12-13-11(2,3)4/h9-10,12H,5-8H2,1-4H3. The number of hydrogen-bond donors (Lipinski definition) is 1. The Labute approximate surface area is 82.0 Å². The summed E-state index contributed by atoms with van der Waals surface area (Å²) in [7, 11) is 0. The molecule has 2 heteroatoms. The lowest BCUT2D eigenvalue weighted by molar-refractivity contribution is -0.0877. The topological polar surface area (TPSA) is 21.3 Å². The fraction of sp³-hybridized carbons (Fsp3) is 1.00. The van der Waals surface area contributed by atoms with E-state index in [0.29, 0.717) is 6.04 Å². The molecule has 0 bridgehead atoms. The molecule has 0 aromatic heterocycles. The molecular weight excluding hydrogens is 162 g/mol. The van der Waals surface area contributed by atoms with Crippen LogP contribution < -0.4 is 5.48 Å². The molecule has 78 valence electrons. The summed E-state index contributed by atoms with van der Waals surface area (Å²) in [5.74, 6) is 0.918. The quantitative estimate of drug-likeness (QED) is 0.683. The van der Waals surface area contributed by atoms with Crippen LogP contribution in [0.3, 0.4) is 0 Å². The van der Waals surface area contributed by atoms with Crippen LogP contribution in [0.2, 0.25) is 0 Å². The Hall–Kier alpha value is -0.0800. The highest BCUT2D eigenvalue weighted by atomic mass is 16.7. The smallest absolute Gasteiger partial charge is 0.0813 e. The van der Waals surface area contributed by atoms with E-state index in [1.807, 2.05) is 0 Å². The summed E-state index contributed by atoms with van der Waals surface area (Å²) >= 11 is 0. The summed E-state index contributed by atoms with van der Waals surface area (Å²) in [6, 6.07) is 0.587. The first-order valence-corrected chi connectivity index (χ1v) is 5.45. The summed E-state index contributed by atoms with van der Waals surface area (Å²) in [5.41, 5.74) is 3.12. The molecule has 1 aliphatic rings. The van der Waals surface area contributed by atoms with E-state index in [1.54, 1.807) is 0 Å². The average molecular weight is 185 g/mol. The van der Waals surface area contributed by atoms with Crippen LogP contribution in [0.25, 0.3) is 0 Å². The van der Waals surface area contributed by atoms with Crippen LogP contribution in [0.15, 0.2) is 0 Å². The predicted molar refractivity (Wildman–Crippen MR) is 55.4 cm³/mol. The third-order valence-corrected chi connectivity index (χ3v) is 2.65. The van der Waals surface area contributed by atoms with Gasteiger partial charge >= 0.3 is 0 Å². The molecule has 0 heterocycles. The van der Waals surface area contributed by atoms with Crippen LogP contribution in [-0.4, -0.2) is 11.6 Å². The lowest BCUT2D eigenvalue weighted by Crippen LogP contribution is -2.35. The van der Waals surface area contributed by atoms with Crippen LogP contribution in [0.1, 0.15) is 53.4 Å². The van der Waals surface area contributed by atoms with Gasteiger partial charge in [0, 0.05) is 6.04 Å². The molecule has 1 N–H and O–H groups in total. The first-order valence-electron chi connectivity index (χ1n) is 5.45. The Bertz CT molecular complexity index is 151. The Kier molecular flexibility index (Phi) is 3.74. The second kappa shape index (κ2) is 4.43. The Balaban J connectivity index is 2.17. The number of hydrogen-bond acceptors (Lipinski definition) is 2. The monoisotopic (exact) mass is 185 g/mol. The molecule has 13 heavy (non-hydrogen) atoms. The molecule has 1 aliphatic carbocycles. The summed E-state index contributed by atoms with van der Waals surface area (Å²) in [5, 5.41) is 0. The molecular formula is C11H23NO. The van der Waals surface area contributed by atoms with Gasteiger partial charge in [-0.1, -0.05) is 13.3 Å². The van der Waals surface area contributed by atoms with E-state index >= 15 is 0 Å². The zero-order chi connectivity index (χ0) is 9.90. The van der Waals surface area contributed by atoms with Crippen molar-refractivity contribution >= 4 is 0 Å². The SMILES string of the molecule is CCC1CCC(NOC(C)(C)C)C1. The Morgan fingerprint density at radius 1 is 1.31 bits per heavy atom. The maximum Gasteiger partial charge on any atom is 0.0813 e. The van der Waals surface area contributed by atoms with E-state index in [9.17, 15) is 0 Å². The van der Waals surface area contributed by atoms with Crippen LogP contribution >= 0.6 is 0 Å². The molecule has 2 unspecified atom stereocenters. The maximum atomic E-state index is 5.56. The van der Waals surface area contributed by atoms with Gasteiger partial charge in [0.15, 0.2) is 0 Å². The van der Waals surface area contributed by atoms with Crippen molar-refractivity contribution in [1.82, 2.24) is 5.48 Å². The van der Waals surface area contributed by atoms with Gasteiger partial charge in [0.05, 0.1) is 5.60 Å². The normalized spacial score (nSPS) is 29.5. The molecule has 0 saturated heterocycles. The van der Waals surface area contributed by atoms with Crippen LogP contribution in [-0.2, 0) is 4.84 Å². The number of hydroxylamine groups is 1. The largest absolute Gasteiger partial charge is 0.296 e. The minimum absolute atomic E-state index is 0.0652. The van der Waals surface area contributed by atoms with Crippen LogP contribution in [0.4, 0.5) is 0 Å². The number of nitrogens with one attached hydrogen (secondary N) is 1. The van der Waals surface area contributed by atoms with Gasteiger partial charge in [-0.3, -0.25) is 4.84 Å². The van der Waals surface area contributed by atoms with Crippen molar-refractivity contribution in [2.45, 2.75) is 65.0 Å². The zero-order valence-corrected chi connectivity index (χ0v) is 9.39. The van der Waals surface area contributed by atoms with Crippen molar-refractivity contribution in [1.29, 1.82) is 0 Å². The van der Waals surface area contributed by atoms with E-state index in [4.69, 9.17) is 4.84 Å². The summed E-state index contributed by atoms with van der Waals surface area (Å²) in [6.45, 7) is 8.50. The molecule has 1 rings (SSSR count). The minimum atomic E-state index is -0.0652. The van der Waals surface area contributed by atoms with E-state index in [2.05, 4.69) is 33.2 Å². The van der Waals surface area contributed by atoms with Gasteiger partial charge in [0.1, 0.15) is 0 Å². The third-order valence-electron chi connectivity index (χ3n) is 2.65. The predicted octanol–water partition coefficient (Wildman–Crippen LogP) is 2.88. The summed E-state index contributed by atoms with van der Waals surface area (Å²) in [6.07, 6.45) is 5.23. The average Bonchev–Trinajstić information content (AvgIpc) is 2.47. The van der Waals surface area contributed by atoms with Crippen molar-refractivity contribution in [3.8, 4) is 0 Å². The van der Waals surface area contributed by atoms with Crippen molar-refractivity contribution < 1.29 is 4.84 Å². The molecule has 1 saturated carbocycles. The van der Waals surface area contributed by atoms with E-state index in [0.717, 1.165) is 5.92 Å². The Morgan fingerprint density at radius 2 is 2.00 bits per heavy atom. The van der Waals surface area contributed by atoms with Gasteiger partial charge in [0.2, 0.25) is 0 Å². The van der Waals surface area contributed by atoms with Gasteiger partial charge in [-0.25, -0.2) is 0 Å². The minimum Gasteiger partial charge on any atom is -0.296 e.